The van der Waals surface area contributed by atoms with Crippen molar-refractivity contribution in [2.45, 2.75) is 45.4 Å². The Morgan fingerprint density at radius 3 is 2.50 bits per heavy atom. The third-order valence-electron chi connectivity index (χ3n) is 2.39. The molecule has 0 unspecified atom stereocenters. The predicted octanol–water partition coefficient (Wildman–Crippen LogP) is 1.00. The summed E-state index contributed by atoms with van der Waals surface area (Å²) in [6.45, 7) is 8.47. The molecule has 0 aromatic carbocycles. The number of hydrogen-bond donors (Lipinski definition) is 1. The molecule has 2 atom stereocenters. The van der Waals surface area contributed by atoms with Gasteiger partial charge in [-0.05, 0) is 27.7 Å². The molecule has 1 aliphatic heterocycles. The van der Waals surface area contributed by atoms with Gasteiger partial charge in [-0.2, -0.15) is 0 Å². The standard InChI is InChI=1S/C11H21NO4/c1-5-12(8-6-15-7-9(8)13)10(14)16-11(2,3)4/h8-9,13H,5-7H2,1-4H3/t8-,9-/m1/s1. The second kappa shape index (κ2) is 5.01. The van der Waals surface area contributed by atoms with E-state index in [-0.39, 0.29) is 12.6 Å². The van der Waals surface area contributed by atoms with E-state index in [9.17, 15) is 9.90 Å². The van der Waals surface area contributed by atoms with E-state index >= 15 is 0 Å². The Balaban J connectivity index is 2.63. The minimum atomic E-state index is -0.618. The van der Waals surface area contributed by atoms with Crippen LogP contribution in [0.25, 0.3) is 0 Å². The Morgan fingerprint density at radius 2 is 2.12 bits per heavy atom. The maximum atomic E-state index is 11.9. The molecule has 1 fully saturated rings. The average molecular weight is 231 g/mol. The summed E-state index contributed by atoms with van der Waals surface area (Å²) in [4.78, 5) is 13.4. The van der Waals surface area contributed by atoms with Gasteiger partial charge in [0.1, 0.15) is 11.7 Å². The molecule has 0 aromatic rings. The molecule has 0 spiro atoms. The van der Waals surface area contributed by atoms with Crippen LogP contribution in [-0.2, 0) is 9.47 Å². The third-order valence-corrected chi connectivity index (χ3v) is 2.39. The second-order valence-electron chi connectivity index (χ2n) is 4.94. The van der Waals surface area contributed by atoms with Gasteiger partial charge in [0.15, 0.2) is 0 Å². The first-order valence-electron chi connectivity index (χ1n) is 5.60. The minimum Gasteiger partial charge on any atom is -0.444 e. The average Bonchev–Trinajstić information content (AvgIpc) is 2.50. The van der Waals surface area contributed by atoms with Gasteiger partial charge < -0.3 is 19.5 Å². The Morgan fingerprint density at radius 1 is 1.50 bits per heavy atom. The molecule has 1 rings (SSSR count). The number of nitrogens with zero attached hydrogens (tertiary/aromatic N) is 1. The molecule has 1 amide bonds. The number of aliphatic hydroxyl groups excluding tert-OH is 1. The lowest BCUT2D eigenvalue weighted by Crippen LogP contribution is -2.48. The Bertz CT molecular complexity index is 249. The molecule has 5 nitrogen and oxygen atoms in total. The summed E-state index contributed by atoms with van der Waals surface area (Å²) >= 11 is 0. The van der Waals surface area contributed by atoms with Crippen molar-refractivity contribution in [2.24, 2.45) is 0 Å². The van der Waals surface area contributed by atoms with Crippen molar-refractivity contribution in [3.05, 3.63) is 0 Å². The van der Waals surface area contributed by atoms with Gasteiger partial charge in [0.25, 0.3) is 0 Å². The van der Waals surface area contributed by atoms with Gasteiger partial charge in [-0.1, -0.05) is 0 Å². The molecule has 1 aliphatic rings. The van der Waals surface area contributed by atoms with Crippen molar-refractivity contribution in [1.82, 2.24) is 4.90 Å². The van der Waals surface area contributed by atoms with Gasteiger partial charge in [-0.25, -0.2) is 4.79 Å². The number of hydrogen-bond acceptors (Lipinski definition) is 4. The second-order valence-corrected chi connectivity index (χ2v) is 4.94. The summed E-state index contributed by atoms with van der Waals surface area (Å²) in [6, 6.07) is -0.292. The van der Waals surface area contributed by atoms with Gasteiger partial charge in [0, 0.05) is 6.54 Å². The van der Waals surface area contributed by atoms with Crippen LogP contribution in [-0.4, -0.2) is 53.6 Å². The van der Waals surface area contributed by atoms with Crippen molar-refractivity contribution in [3.8, 4) is 0 Å². The maximum Gasteiger partial charge on any atom is 0.410 e. The van der Waals surface area contributed by atoms with E-state index in [1.54, 1.807) is 0 Å². The zero-order chi connectivity index (χ0) is 12.3. The van der Waals surface area contributed by atoms with Gasteiger partial charge in [0.2, 0.25) is 0 Å². The van der Waals surface area contributed by atoms with E-state index in [1.807, 2.05) is 27.7 Å². The fourth-order valence-corrected chi connectivity index (χ4v) is 1.65. The van der Waals surface area contributed by atoms with Crippen LogP contribution in [0.3, 0.4) is 0 Å². The van der Waals surface area contributed by atoms with E-state index in [0.717, 1.165) is 0 Å². The molecule has 0 bridgehead atoms. The Labute approximate surface area is 96.3 Å². The number of ether oxygens (including phenoxy) is 2. The molecule has 1 heterocycles. The van der Waals surface area contributed by atoms with Crippen molar-refractivity contribution in [3.63, 3.8) is 0 Å². The number of amides is 1. The highest BCUT2D eigenvalue weighted by Crippen LogP contribution is 2.17. The molecule has 5 heteroatoms. The van der Waals surface area contributed by atoms with Crippen LogP contribution in [0.1, 0.15) is 27.7 Å². The maximum absolute atomic E-state index is 11.9. The van der Waals surface area contributed by atoms with Gasteiger partial charge in [0.05, 0.1) is 19.3 Å². The number of carbonyl (C=O) groups is 1. The molecule has 1 N–H and O–H groups in total. The molecule has 0 aliphatic carbocycles. The summed E-state index contributed by atoms with van der Waals surface area (Å²) in [5, 5.41) is 9.66. The molecule has 0 aromatic heterocycles. The van der Waals surface area contributed by atoms with Gasteiger partial charge in [-0.15, -0.1) is 0 Å². The molecule has 16 heavy (non-hydrogen) atoms. The van der Waals surface area contributed by atoms with Crippen molar-refractivity contribution >= 4 is 6.09 Å². The summed E-state index contributed by atoms with van der Waals surface area (Å²) in [5.74, 6) is 0. The smallest absolute Gasteiger partial charge is 0.410 e. The van der Waals surface area contributed by atoms with Crippen LogP contribution in [0.2, 0.25) is 0 Å². The number of rotatable bonds is 2. The highest BCUT2D eigenvalue weighted by molar-refractivity contribution is 5.68. The minimum absolute atomic E-state index is 0.282. The van der Waals surface area contributed by atoms with Crippen LogP contribution in [0, 0.1) is 0 Å². The Hall–Kier alpha value is -0.810. The van der Waals surface area contributed by atoms with Crippen LogP contribution < -0.4 is 0 Å². The van der Waals surface area contributed by atoms with E-state index in [0.29, 0.717) is 13.2 Å². The van der Waals surface area contributed by atoms with E-state index in [1.165, 1.54) is 4.90 Å². The topological polar surface area (TPSA) is 59.0 Å². The van der Waals surface area contributed by atoms with Crippen molar-refractivity contribution in [2.75, 3.05) is 19.8 Å². The molecule has 94 valence electrons. The van der Waals surface area contributed by atoms with Gasteiger partial charge >= 0.3 is 6.09 Å². The van der Waals surface area contributed by atoms with E-state index < -0.39 is 17.8 Å². The zero-order valence-corrected chi connectivity index (χ0v) is 10.4. The number of likely N-dealkylation sites (N-methyl/N-ethyl adjacent to an activating group) is 1. The zero-order valence-electron chi connectivity index (χ0n) is 10.4. The van der Waals surface area contributed by atoms with E-state index in [2.05, 4.69) is 0 Å². The summed E-state index contributed by atoms with van der Waals surface area (Å²) < 4.78 is 10.4. The SMILES string of the molecule is CCN(C(=O)OC(C)(C)C)[C@@H]1COC[C@H]1O. The molecule has 0 saturated carbocycles. The highest BCUT2D eigenvalue weighted by atomic mass is 16.6. The third kappa shape index (κ3) is 3.35. The lowest BCUT2D eigenvalue weighted by molar-refractivity contribution is 0.00505. The first-order chi connectivity index (χ1) is 7.35. The lowest BCUT2D eigenvalue weighted by Gasteiger charge is -2.31. The Kier molecular flexibility index (Phi) is 4.15. The van der Waals surface area contributed by atoms with Gasteiger partial charge in [-0.3, -0.25) is 0 Å². The van der Waals surface area contributed by atoms with Crippen LogP contribution in [0.15, 0.2) is 0 Å². The summed E-state index contributed by atoms with van der Waals surface area (Å²) in [6.07, 6.45) is -1.02. The number of carbonyl (C=O) groups excluding carboxylic acids is 1. The van der Waals surface area contributed by atoms with Crippen LogP contribution >= 0.6 is 0 Å². The normalized spacial score (nSPS) is 25.6. The van der Waals surface area contributed by atoms with Crippen LogP contribution in [0.4, 0.5) is 4.79 Å². The molecular formula is C11H21NO4. The van der Waals surface area contributed by atoms with Crippen molar-refractivity contribution in [1.29, 1.82) is 0 Å². The molecule has 0 radical (unpaired) electrons. The lowest BCUT2D eigenvalue weighted by atomic mass is 10.2. The summed E-state index contributed by atoms with van der Waals surface area (Å²) in [7, 11) is 0. The first-order valence-corrected chi connectivity index (χ1v) is 5.60. The predicted molar refractivity (Wildman–Crippen MR) is 59.2 cm³/mol. The number of aliphatic hydroxyl groups is 1. The summed E-state index contributed by atoms with van der Waals surface area (Å²) in [5.41, 5.74) is -0.519. The monoisotopic (exact) mass is 231 g/mol. The highest BCUT2D eigenvalue weighted by Gasteiger charge is 2.35. The van der Waals surface area contributed by atoms with Crippen molar-refractivity contribution < 1.29 is 19.4 Å². The fraction of sp³-hybridized carbons (Fsp3) is 0.909. The fourth-order valence-electron chi connectivity index (χ4n) is 1.65. The molecule has 1 saturated heterocycles. The molecular weight excluding hydrogens is 210 g/mol. The largest absolute Gasteiger partial charge is 0.444 e. The first kappa shape index (κ1) is 13.3. The van der Waals surface area contributed by atoms with Crippen LogP contribution in [0.5, 0.6) is 0 Å². The quantitative estimate of drug-likeness (QED) is 0.770. The van der Waals surface area contributed by atoms with E-state index in [4.69, 9.17) is 9.47 Å².